The summed E-state index contributed by atoms with van der Waals surface area (Å²) in [6.45, 7) is 5.20. The Kier molecular flexibility index (Phi) is 4.15. The number of hydrogen-bond donors (Lipinski definition) is 2. The summed E-state index contributed by atoms with van der Waals surface area (Å²) < 4.78 is 0. The fourth-order valence-corrected chi connectivity index (χ4v) is 2.06. The monoisotopic (exact) mass is 243 g/mol. The smallest absolute Gasteiger partial charge is 0.108 e. The molecule has 18 heavy (non-hydrogen) atoms. The average molecular weight is 243 g/mol. The van der Waals surface area contributed by atoms with Crippen LogP contribution in [0.25, 0.3) is 11.3 Å². The minimum atomic E-state index is 0.935. The molecule has 1 aromatic heterocycles. The maximum Gasteiger partial charge on any atom is 0.108 e. The number of aromatic amines is 1. The Morgan fingerprint density at radius 1 is 1.22 bits per heavy atom. The van der Waals surface area contributed by atoms with Crippen LogP contribution < -0.4 is 5.32 Å². The third-order valence-electron chi connectivity index (χ3n) is 3.18. The van der Waals surface area contributed by atoms with E-state index >= 15 is 0 Å². The van der Waals surface area contributed by atoms with Crippen molar-refractivity contribution in [2.75, 3.05) is 13.6 Å². The Morgan fingerprint density at radius 3 is 2.56 bits per heavy atom. The molecule has 96 valence electrons. The summed E-state index contributed by atoms with van der Waals surface area (Å²) in [6.07, 6.45) is 2.01. The van der Waals surface area contributed by atoms with Gasteiger partial charge >= 0.3 is 0 Å². The van der Waals surface area contributed by atoms with Gasteiger partial charge in [-0.05, 0) is 26.0 Å². The normalized spacial score (nSPS) is 10.8. The first kappa shape index (κ1) is 12.8. The molecular weight excluding hydrogens is 222 g/mol. The lowest BCUT2D eigenvalue weighted by Gasteiger charge is -2.00. The van der Waals surface area contributed by atoms with Crippen LogP contribution in [-0.2, 0) is 12.8 Å². The van der Waals surface area contributed by atoms with E-state index in [1.807, 2.05) is 7.05 Å². The molecule has 0 amide bonds. The predicted molar refractivity (Wildman–Crippen MR) is 75.8 cm³/mol. The molecule has 2 N–H and O–H groups in total. The molecule has 0 spiro atoms. The van der Waals surface area contributed by atoms with Crippen LogP contribution in [0.3, 0.4) is 0 Å². The van der Waals surface area contributed by atoms with Crippen molar-refractivity contribution in [3.05, 3.63) is 41.3 Å². The zero-order valence-corrected chi connectivity index (χ0v) is 11.4. The van der Waals surface area contributed by atoms with E-state index in [-0.39, 0.29) is 0 Å². The summed E-state index contributed by atoms with van der Waals surface area (Å²) in [5.74, 6) is 1.05. The summed E-state index contributed by atoms with van der Waals surface area (Å²) in [5.41, 5.74) is 4.77. The highest BCUT2D eigenvalue weighted by atomic mass is 14.9. The topological polar surface area (TPSA) is 40.7 Å². The molecule has 0 saturated carbocycles. The quantitative estimate of drug-likeness (QED) is 0.847. The predicted octanol–water partition coefficient (Wildman–Crippen LogP) is 2.71. The van der Waals surface area contributed by atoms with Gasteiger partial charge in [-0.3, -0.25) is 0 Å². The van der Waals surface area contributed by atoms with Crippen molar-refractivity contribution in [2.45, 2.75) is 26.7 Å². The van der Waals surface area contributed by atoms with Crippen LogP contribution in [0.2, 0.25) is 0 Å². The lowest BCUT2D eigenvalue weighted by Crippen LogP contribution is -2.11. The average Bonchev–Trinajstić information content (AvgIpc) is 2.78. The molecule has 0 saturated heterocycles. The van der Waals surface area contributed by atoms with Crippen molar-refractivity contribution in [3.63, 3.8) is 0 Å². The fraction of sp³-hybridized carbons (Fsp3) is 0.400. The number of aromatic nitrogens is 2. The molecule has 3 nitrogen and oxygen atoms in total. The minimum Gasteiger partial charge on any atom is -0.346 e. The van der Waals surface area contributed by atoms with Gasteiger partial charge in [0.05, 0.1) is 5.69 Å². The highest BCUT2D eigenvalue weighted by Gasteiger charge is 2.08. The van der Waals surface area contributed by atoms with Crippen molar-refractivity contribution >= 4 is 0 Å². The van der Waals surface area contributed by atoms with Crippen LogP contribution in [0.5, 0.6) is 0 Å². The number of benzene rings is 1. The van der Waals surface area contributed by atoms with Gasteiger partial charge in [0.1, 0.15) is 5.82 Å². The van der Waals surface area contributed by atoms with E-state index < -0.39 is 0 Å². The highest BCUT2D eigenvalue weighted by molar-refractivity contribution is 5.62. The summed E-state index contributed by atoms with van der Waals surface area (Å²) in [7, 11) is 1.96. The first-order valence-corrected chi connectivity index (χ1v) is 6.54. The zero-order valence-electron chi connectivity index (χ0n) is 11.4. The molecule has 2 aromatic rings. The molecule has 0 fully saturated rings. The van der Waals surface area contributed by atoms with Crippen molar-refractivity contribution < 1.29 is 0 Å². The zero-order chi connectivity index (χ0) is 13.0. The van der Waals surface area contributed by atoms with Gasteiger partial charge in [0.2, 0.25) is 0 Å². The second kappa shape index (κ2) is 5.83. The summed E-state index contributed by atoms with van der Waals surface area (Å²) in [4.78, 5) is 8.03. The number of imidazole rings is 1. The molecule has 0 radical (unpaired) electrons. The molecule has 1 aromatic carbocycles. The maximum atomic E-state index is 4.68. The standard InChI is InChI=1S/C15H21N3/c1-4-12-5-7-13(8-6-12)15-11(2)17-14(18-15)9-10-16-3/h5-8,16H,4,9-10H2,1-3H3,(H,17,18). The lowest BCUT2D eigenvalue weighted by molar-refractivity contribution is 0.763. The Balaban J connectivity index is 2.23. The van der Waals surface area contributed by atoms with E-state index in [0.29, 0.717) is 0 Å². The Morgan fingerprint density at radius 2 is 1.94 bits per heavy atom. The number of rotatable bonds is 5. The number of nitrogens with one attached hydrogen (secondary N) is 2. The van der Waals surface area contributed by atoms with Crippen molar-refractivity contribution in [1.82, 2.24) is 15.3 Å². The van der Waals surface area contributed by atoms with E-state index in [9.17, 15) is 0 Å². The first-order valence-electron chi connectivity index (χ1n) is 6.54. The largest absolute Gasteiger partial charge is 0.346 e. The molecule has 0 bridgehead atoms. The Hall–Kier alpha value is -1.61. The van der Waals surface area contributed by atoms with Crippen molar-refractivity contribution in [3.8, 4) is 11.3 Å². The molecule has 1 heterocycles. The summed E-state index contributed by atoms with van der Waals surface area (Å²) >= 11 is 0. The van der Waals surface area contributed by atoms with Crippen molar-refractivity contribution in [2.24, 2.45) is 0 Å². The number of aryl methyl sites for hydroxylation is 2. The van der Waals surface area contributed by atoms with Crippen LogP contribution in [0.4, 0.5) is 0 Å². The lowest BCUT2D eigenvalue weighted by atomic mass is 10.1. The molecule has 0 aliphatic rings. The van der Waals surface area contributed by atoms with Crippen LogP contribution in [-0.4, -0.2) is 23.6 Å². The van der Waals surface area contributed by atoms with E-state index in [1.165, 1.54) is 11.1 Å². The van der Waals surface area contributed by atoms with E-state index in [0.717, 1.165) is 36.6 Å². The maximum absolute atomic E-state index is 4.68. The van der Waals surface area contributed by atoms with E-state index in [1.54, 1.807) is 0 Å². The van der Waals surface area contributed by atoms with Crippen LogP contribution >= 0.6 is 0 Å². The molecule has 2 rings (SSSR count). The van der Waals surface area contributed by atoms with Gasteiger partial charge in [-0.25, -0.2) is 4.98 Å². The van der Waals surface area contributed by atoms with Gasteiger partial charge in [0.25, 0.3) is 0 Å². The molecular formula is C15H21N3. The van der Waals surface area contributed by atoms with Gasteiger partial charge in [-0.2, -0.15) is 0 Å². The van der Waals surface area contributed by atoms with Gasteiger partial charge < -0.3 is 10.3 Å². The second-order valence-corrected chi connectivity index (χ2v) is 4.56. The number of H-pyrrole nitrogens is 1. The van der Waals surface area contributed by atoms with Gasteiger partial charge in [-0.1, -0.05) is 31.2 Å². The molecule has 0 unspecified atom stereocenters. The third-order valence-corrected chi connectivity index (χ3v) is 3.18. The number of hydrogen-bond acceptors (Lipinski definition) is 2. The van der Waals surface area contributed by atoms with Gasteiger partial charge in [0.15, 0.2) is 0 Å². The number of likely N-dealkylation sites (N-methyl/N-ethyl adjacent to an activating group) is 1. The molecule has 0 aliphatic heterocycles. The van der Waals surface area contributed by atoms with Gasteiger partial charge in [0, 0.05) is 24.2 Å². The Bertz CT molecular complexity index is 497. The number of nitrogens with zero attached hydrogens (tertiary/aromatic N) is 1. The summed E-state index contributed by atoms with van der Waals surface area (Å²) in [5, 5.41) is 3.14. The van der Waals surface area contributed by atoms with Crippen LogP contribution in [0, 0.1) is 6.92 Å². The summed E-state index contributed by atoms with van der Waals surface area (Å²) in [6, 6.07) is 8.67. The molecule has 0 atom stereocenters. The highest BCUT2D eigenvalue weighted by Crippen LogP contribution is 2.21. The Labute approximate surface area is 109 Å². The fourth-order valence-electron chi connectivity index (χ4n) is 2.06. The third kappa shape index (κ3) is 2.79. The SMILES string of the molecule is CCc1ccc(-c2nc(CCNC)[nH]c2C)cc1. The first-order chi connectivity index (χ1) is 8.74. The second-order valence-electron chi connectivity index (χ2n) is 4.56. The van der Waals surface area contributed by atoms with Crippen molar-refractivity contribution in [1.29, 1.82) is 0 Å². The molecule has 3 heteroatoms. The van der Waals surface area contributed by atoms with Crippen LogP contribution in [0.15, 0.2) is 24.3 Å². The minimum absolute atomic E-state index is 0.935. The van der Waals surface area contributed by atoms with E-state index in [4.69, 9.17) is 0 Å². The van der Waals surface area contributed by atoms with Crippen LogP contribution in [0.1, 0.15) is 24.0 Å². The van der Waals surface area contributed by atoms with Gasteiger partial charge in [-0.15, -0.1) is 0 Å². The molecule has 0 aliphatic carbocycles. The van der Waals surface area contributed by atoms with E-state index in [2.05, 4.69) is 53.4 Å².